The molecule has 4 rings (SSSR count). The molecule has 1 saturated heterocycles. The molecule has 3 aromatic rings. The first-order valence-electron chi connectivity index (χ1n) is 12.1. The van der Waals surface area contributed by atoms with Gasteiger partial charge in [0.15, 0.2) is 6.29 Å². The Bertz CT molecular complexity index is 1110. The van der Waals surface area contributed by atoms with E-state index < -0.39 is 0 Å². The third-order valence-electron chi connectivity index (χ3n) is 6.25. The number of piperidine rings is 1. The third kappa shape index (κ3) is 5.66. The van der Waals surface area contributed by atoms with E-state index in [9.17, 15) is 9.59 Å². The lowest BCUT2D eigenvalue weighted by molar-refractivity contribution is -0.120. The number of nitrogens with zero attached hydrogens (tertiary/aromatic N) is 1. The van der Waals surface area contributed by atoms with Crippen molar-refractivity contribution in [3.05, 3.63) is 95.1 Å². The molecule has 1 aliphatic rings. The minimum absolute atomic E-state index is 0.0800. The van der Waals surface area contributed by atoms with E-state index in [0.717, 1.165) is 36.1 Å². The fraction of sp³-hybridized carbons (Fsp3) is 0.310. The van der Waals surface area contributed by atoms with Crippen molar-refractivity contribution < 1.29 is 14.3 Å². The van der Waals surface area contributed by atoms with E-state index in [1.165, 1.54) is 24.9 Å². The van der Waals surface area contributed by atoms with Crippen molar-refractivity contribution in [2.24, 2.45) is 0 Å². The van der Waals surface area contributed by atoms with E-state index in [1.807, 2.05) is 37.3 Å². The number of ether oxygens (including phenoxy) is 1. The largest absolute Gasteiger partial charge is 0.493 e. The van der Waals surface area contributed by atoms with Crippen LogP contribution in [0.4, 0.5) is 5.69 Å². The number of hydrogen-bond donors (Lipinski definition) is 1. The molecule has 176 valence electrons. The normalized spacial score (nSPS) is 14.3. The maximum Gasteiger partial charge on any atom is 0.225 e. The first-order valence-corrected chi connectivity index (χ1v) is 12.1. The van der Waals surface area contributed by atoms with Gasteiger partial charge < -0.3 is 15.0 Å². The minimum Gasteiger partial charge on any atom is -0.493 e. The van der Waals surface area contributed by atoms with Gasteiger partial charge in [-0.25, -0.2) is 0 Å². The summed E-state index contributed by atoms with van der Waals surface area (Å²) in [5, 5.41) is 3.28. The van der Waals surface area contributed by atoms with Gasteiger partial charge in [-0.1, -0.05) is 54.6 Å². The second kappa shape index (κ2) is 11.5. The molecule has 1 atom stereocenters. The number of carbonyl (C=O) groups excluding carboxylic acids is 2. The molecule has 34 heavy (non-hydrogen) atoms. The van der Waals surface area contributed by atoms with Crippen molar-refractivity contribution >= 4 is 17.9 Å². The van der Waals surface area contributed by atoms with Crippen LogP contribution in [0.1, 0.15) is 59.3 Å². The third-order valence-corrected chi connectivity index (χ3v) is 6.25. The van der Waals surface area contributed by atoms with E-state index >= 15 is 0 Å². The smallest absolute Gasteiger partial charge is 0.225 e. The van der Waals surface area contributed by atoms with Crippen molar-refractivity contribution in [2.75, 3.05) is 24.6 Å². The highest BCUT2D eigenvalue weighted by Gasteiger charge is 2.23. The van der Waals surface area contributed by atoms with E-state index in [1.54, 1.807) is 12.1 Å². The van der Waals surface area contributed by atoms with Gasteiger partial charge in [-0.15, -0.1) is 0 Å². The Morgan fingerprint density at radius 3 is 2.47 bits per heavy atom. The fourth-order valence-corrected chi connectivity index (χ4v) is 4.60. The van der Waals surface area contributed by atoms with E-state index in [2.05, 4.69) is 40.5 Å². The van der Waals surface area contributed by atoms with Crippen molar-refractivity contribution in [3.63, 3.8) is 0 Å². The topological polar surface area (TPSA) is 58.6 Å². The number of nitrogens with one attached hydrogen (secondary N) is 1. The highest BCUT2D eigenvalue weighted by atomic mass is 16.5. The summed E-state index contributed by atoms with van der Waals surface area (Å²) in [6.07, 6.45) is 4.63. The lowest BCUT2D eigenvalue weighted by Gasteiger charge is -2.33. The standard InChI is InChI=1S/C29H32N2O3/c1-2-34-27-19-22(15-16-24(27)21-32)20-28(33)30-29(23-11-5-3-6-12-23)25-13-7-8-14-26(25)31-17-9-4-10-18-31/h3,5-8,11-16,19,21,29H,2,4,9-10,17-18,20H2,1H3,(H,30,33). The first-order chi connectivity index (χ1) is 16.7. The Kier molecular flexibility index (Phi) is 7.97. The Balaban J connectivity index is 1.61. The van der Waals surface area contributed by atoms with Gasteiger partial charge in [0, 0.05) is 24.3 Å². The van der Waals surface area contributed by atoms with Crippen LogP contribution in [0.15, 0.2) is 72.8 Å². The lowest BCUT2D eigenvalue weighted by Crippen LogP contribution is -2.34. The number of para-hydroxylation sites is 1. The summed E-state index contributed by atoms with van der Waals surface area (Å²) in [7, 11) is 0. The van der Waals surface area contributed by atoms with Crippen LogP contribution in [-0.4, -0.2) is 31.9 Å². The number of aldehydes is 1. The molecule has 0 aliphatic carbocycles. The second-order valence-electron chi connectivity index (χ2n) is 8.62. The molecular formula is C29H32N2O3. The van der Waals surface area contributed by atoms with Gasteiger partial charge in [0.25, 0.3) is 0 Å². The van der Waals surface area contributed by atoms with Crippen LogP contribution < -0.4 is 15.0 Å². The Hall–Kier alpha value is -3.60. The number of amides is 1. The Labute approximate surface area is 201 Å². The average Bonchev–Trinajstić information content (AvgIpc) is 2.89. The van der Waals surface area contributed by atoms with Crippen molar-refractivity contribution in [1.29, 1.82) is 0 Å². The van der Waals surface area contributed by atoms with Crippen LogP contribution in [0.2, 0.25) is 0 Å². The SMILES string of the molecule is CCOc1cc(CC(=O)NC(c2ccccc2)c2ccccc2N2CCCCC2)ccc1C=O. The molecular weight excluding hydrogens is 424 g/mol. The van der Waals surface area contributed by atoms with Gasteiger partial charge >= 0.3 is 0 Å². The minimum atomic E-state index is -0.257. The molecule has 5 heteroatoms. The number of rotatable bonds is 9. The molecule has 0 spiro atoms. The molecule has 1 heterocycles. The molecule has 5 nitrogen and oxygen atoms in total. The molecule has 1 unspecified atom stereocenters. The molecule has 1 N–H and O–H groups in total. The summed E-state index contributed by atoms with van der Waals surface area (Å²) in [5.74, 6) is 0.432. The van der Waals surface area contributed by atoms with Crippen LogP contribution >= 0.6 is 0 Å². The Morgan fingerprint density at radius 1 is 1.00 bits per heavy atom. The molecule has 0 aromatic heterocycles. The summed E-state index contributed by atoms with van der Waals surface area (Å²) in [4.78, 5) is 27.0. The van der Waals surface area contributed by atoms with E-state index in [-0.39, 0.29) is 18.4 Å². The lowest BCUT2D eigenvalue weighted by atomic mass is 9.95. The van der Waals surface area contributed by atoms with Gasteiger partial charge in [-0.05, 0) is 55.5 Å². The molecule has 1 fully saturated rings. The van der Waals surface area contributed by atoms with Crippen LogP contribution in [0.25, 0.3) is 0 Å². The van der Waals surface area contributed by atoms with Gasteiger partial charge in [-0.2, -0.15) is 0 Å². The average molecular weight is 457 g/mol. The van der Waals surface area contributed by atoms with E-state index in [0.29, 0.717) is 17.9 Å². The van der Waals surface area contributed by atoms with Crippen molar-refractivity contribution in [2.45, 2.75) is 38.6 Å². The van der Waals surface area contributed by atoms with E-state index in [4.69, 9.17) is 4.74 Å². The summed E-state index contributed by atoms with van der Waals surface area (Å²) in [5.41, 5.74) is 4.64. The summed E-state index contributed by atoms with van der Waals surface area (Å²) in [6, 6.07) is 23.6. The molecule has 0 saturated carbocycles. The quantitative estimate of drug-likeness (QED) is 0.442. The summed E-state index contributed by atoms with van der Waals surface area (Å²) >= 11 is 0. The monoisotopic (exact) mass is 456 g/mol. The summed E-state index contributed by atoms with van der Waals surface area (Å²) < 4.78 is 5.58. The van der Waals surface area contributed by atoms with Crippen molar-refractivity contribution in [3.8, 4) is 5.75 Å². The number of carbonyl (C=O) groups is 2. The number of benzene rings is 3. The number of anilines is 1. The highest BCUT2D eigenvalue weighted by molar-refractivity contribution is 5.82. The zero-order valence-corrected chi connectivity index (χ0v) is 19.7. The highest BCUT2D eigenvalue weighted by Crippen LogP contribution is 2.32. The van der Waals surface area contributed by atoms with Gasteiger partial charge in [0.2, 0.25) is 5.91 Å². The maximum absolute atomic E-state index is 13.2. The van der Waals surface area contributed by atoms with Crippen molar-refractivity contribution in [1.82, 2.24) is 5.32 Å². The zero-order valence-electron chi connectivity index (χ0n) is 19.7. The predicted molar refractivity (Wildman–Crippen MR) is 136 cm³/mol. The van der Waals surface area contributed by atoms with Gasteiger partial charge in [0.05, 0.1) is 24.6 Å². The Morgan fingerprint density at radius 2 is 1.74 bits per heavy atom. The fourth-order valence-electron chi connectivity index (χ4n) is 4.60. The molecule has 0 bridgehead atoms. The molecule has 1 aliphatic heterocycles. The first kappa shape index (κ1) is 23.6. The second-order valence-corrected chi connectivity index (χ2v) is 8.62. The maximum atomic E-state index is 13.2. The molecule has 0 radical (unpaired) electrons. The number of hydrogen-bond acceptors (Lipinski definition) is 4. The van der Waals surface area contributed by atoms with Crippen LogP contribution in [0.5, 0.6) is 5.75 Å². The van der Waals surface area contributed by atoms with Crippen LogP contribution in [0, 0.1) is 0 Å². The van der Waals surface area contributed by atoms with Gasteiger partial charge in [0.1, 0.15) is 5.75 Å². The zero-order chi connectivity index (χ0) is 23.8. The molecule has 3 aromatic carbocycles. The summed E-state index contributed by atoms with van der Waals surface area (Å²) in [6.45, 7) is 4.41. The molecule has 1 amide bonds. The van der Waals surface area contributed by atoms with Gasteiger partial charge in [-0.3, -0.25) is 9.59 Å². The van der Waals surface area contributed by atoms with Crippen LogP contribution in [-0.2, 0) is 11.2 Å². The predicted octanol–water partition coefficient (Wildman–Crippen LogP) is 5.34. The van der Waals surface area contributed by atoms with Crippen LogP contribution in [0.3, 0.4) is 0 Å².